The van der Waals surface area contributed by atoms with E-state index in [0.717, 1.165) is 12.1 Å². The lowest BCUT2D eigenvalue weighted by Crippen LogP contribution is -2.14. The summed E-state index contributed by atoms with van der Waals surface area (Å²) in [6.45, 7) is 0. The SMILES string of the molecule is O=S(=O)(Nc1ccc(F)c(Cl)c1)c1c(Cl)ccnc1Cl. The van der Waals surface area contributed by atoms with Gasteiger partial charge in [0.2, 0.25) is 0 Å². The lowest BCUT2D eigenvalue weighted by molar-refractivity contribution is 0.600. The highest BCUT2D eigenvalue weighted by Crippen LogP contribution is 2.29. The molecule has 0 atom stereocenters. The van der Waals surface area contributed by atoms with Gasteiger partial charge in [-0.3, -0.25) is 4.72 Å². The van der Waals surface area contributed by atoms with Crippen molar-refractivity contribution in [3.8, 4) is 0 Å². The van der Waals surface area contributed by atoms with Crippen molar-refractivity contribution in [1.29, 1.82) is 0 Å². The van der Waals surface area contributed by atoms with Crippen LogP contribution in [0, 0.1) is 5.82 Å². The number of pyridine rings is 1. The lowest BCUT2D eigenvalue weighted by Gasteiger charge is -2.10. The van der Waals surface area contributed by atoms with Crippen molar-refractivity contribution in [3.63, 3.8) is 0 Å². The van der Waals surface area contributed by atoms with Crippen molar-refractivity contribution in [2.75, 3.05) is 4.72 Å². The van der Waals surface area contributed by atoms with Crippen LogP contribution in [0.4, 0.5) is 10.1 Å². The van der Waals surface area contributed by atoms with Crippen LogP contribution < -0.4 is 4.72 Å². The molecule has 0 fully saturated rings. The molecule has 1 heterocycles. The number of anilines is 1. The fourth-order valence-electron chi connectivity index (χ4n) is 1.41. The summed E-state index contributed by atoms with van der Waals surface area (Å²) in [5, 5.41) is -0.558. The van der Waals surface area contributed by atoms with Crippen LogP contribution in [0.1, 0.15) is 0 Å². The van der Waals surface area contributed by atoms with Crippen molar-refractivity contribution in [3.05, 3.63) is 51.5 Å². The smallest absolute Gasteiger partial charge is 0.266 e. The highest BCUT2D eigenvalue weighted by atomic mass is 35.5. The number of hydrogen-bond acceptors (Lipinski definition) is 3. The topological polar surface area (TPSA) is 59.1 Å². The summed E-state index contributed by atoms with van der Waals surface area (Å²) < 4.78 is 39.6. The molecular weight excluding hydrogens is 350 g/mol. The van der Waals surface area contributed by atoms with Gasteiger partial charge in [0.15, 0.2) is 5.15 Å². The third-order valence-corrected chi connectivity index (χ3v) is 4.82. The van der Waals surface area contributed by atoms with Crippen LogP contribution in [-0.4, -0.2) is 13.4 Å². The monoisotopic (exact) mass is 354 g/mol. The predicted octanol–water partition coefficient (Wildman–Crippen LogP) is 3.98. The first-order valence-electron chi connectivity index (χ1n) is 5.09. The van der Waals surface area contributed by atoms with Crippen LogP contribution >= 0.6 is 34.8 Å². The Kier molecular flexibility index (Phi) is 4.39. The Hall–Kier alpha value is -1.08. The van der Waals surface area contributed by atoms with Crippen molar-refractivity contribution in [2.45, 2.75) is 4.90 Å². The third kappa shape index (κ3) is 3.15. The minimum absolute atomic E-state index is 0.0763. The van der Waals surface area contributed by atoms with Crippen molar-refractivity contribution < 1.29 is 12.8 Å². The molecule has 1 aromatic carbocycles. The summed E-state index contributed by atoms with van der Waals surface area (Å²) in [5.74, 6) is -0.660. The summed E-state index contributed by atoms with van der Waals surface area (Å²) in [6, 6.07) is 4.68. The molecule has 0 unspecified atom stereocenters. The molecule has 0 radical (unpaired) electrons. The Labute approximate surface area is 129 Å². The van der Waals surface area contributed by atoms with Gasteiger partial charge >= 0.3 is 0 Å². The van der Waals surface area contributed by atoms with Crippen LogP contribution in [0.25, 0.3) is 0 Å². The normalized spacial score (nSPS) is 11.4. The largest absolute Gasteiger partial charge is 0.279 e. The van der Waals surface area contributed by atoms with Crippen molar-refractivity contribution in [1.82, 2.24) is 4.98 Å². The zero-order chi connectivity index (χ0) is 14.9. The molecule has 0 saturated carbocycles. The number of nitrogens with one attached hydrogen (secondary N) is 1. The Morgan fingerprint density at radius 1 is 1.10 bits per heavy atom. The van der Waals surface area contributed by atoms with Crippen molar-refractivity contribution in [2.24, 2.45) is 0 Å². The molecule has 9 heteroatoms. The fraction of sp³-hybridized carbons (Fsp3) is 0. The molecule has 2 rings (SSSR count). The highest BCUT2D eigenvalue weighted by molar-refractivity contribution is 7.93. The van der Waals surface area contributed by atoms with Crippen molar-refractivity contribution >= 4 is 50.5 Å². The second-order valence-electron chi connectivity index (χ2n) is 3.65. The summed E-state index contributed by atoms with van der Waals surface area (Å²) in [7, 11) is -4.06. The maximum Gasteiger partial charge on any atom is 0.266 e. The highest BCUT2D eigenvalue weighted by Gasteiger charge is 2.23. The minimum atomic E-state index is -4.06. The van der Waals surface area contributed by atoms with Gasteiger partial charge < -0.3 is 0 Å². The van der Waals surface area contributed by atoms with Crippen LogP contribution in [0.2, 0.25) is 15.2 Å². The average Bonchev–Trinajstić information content (AvgIpc) is 2.33. The maximum atomic E-state index is 13.0. The van der Waals surface area contributed by atoms with Gasteiger partial charge in [-0.15, -0.1) is 0 Å². The third-order valence-electron chi connectivity index (χ3n) is 2.25. The lowest BCUT2D eigenvalue weighted by atomic mass is 10.3. The predicted molar refractivity (Wildman–Crippen MR) is 76.5 cm³/mol. The Balaban J connectivity index is 2.43. The molecule has 0 spiro atoms. The minimum Gasteiger partial charge on any atom is -0.279 e. The first-order chi connectivity index (χ1) is 9.31. The average molecular weight is 356 g/mol. The van der Waals surface area contributed by atoms with Gasteiger partial charge in [0.05, 0.1) is 15.7 Å². The molecule has 0 aliphatic carbocycles. The van der Waals surface area contributed by atoms with E-state index in [1.165, 1.54) is 18.3 Å². The summed E-state index contributed by atoms with van der Waals surface area (Å²) in [4.78, 5) is 3.30. The molecule has 0 saturated heterocycles. The summed E-state index contributed by atoms with van der Waals surface area (Å²) >= 11 is 17.1. The number of aromatic nitrogens is 1. The van der Waals surface area contributed by atoms with E-state index in [0.29, 0.717) is 0 Å². The van der Waals surface area contributed by atoms with Gasteiger partial charge in [-0.2, -0.15) is 0 Å². The standard InChI is InChI=1S/C11H6Cl3FN2O2S/c12-7-3-4-16-11(14)10(7)20(18,19)17-6-1-2-9(15)8(13)5-6/h1-5,17H. The molecule has 0 aliphatic rings. The van der Waals surface area contributed by atoms with Crippen LogP contribution in [0.5, 0.6) is 0 Å². The van der Waals surface area contributed by atoms with E-state index in [2.05, 4.69) is 9.71 Å². The van der Waals surface area contributed by atoms with E-state index < -0.39 is 15.8 Å². The van der Waals surface area contributed by atoms with E-state index in [-0.39, 0.29) is 25.8 Å². The molecule has 20 heavy (non-hydrogen) atoms. The van der Waals surface area contributed by atoms with Gasteiger partial charge in [0, 0.05) is 6.20 Å². The van der Waals surface area contributed by atoms with Gasteiger partial charge in [0.1, 0.15) is 10.7 Å². The molecule has 4 nitrogen and oxygen atoms in total. The van der Waals surface area contributed by atoms with E-state index >= 15 is 0 Å². The first kappa shape index (κ1) is 15.3. The van der Waals surface area contributed by atoms with Gasteiger partial charge in [0.25, 0.3) is 10.0 Å². The van der Waals surface area contributed by atoms with E-state index in [1.54, 1.807) is 0 Å². The molecular formula is C11H6Cl3FN2O2S. The Bertz CT molecular complexity index is 748. The number of benzene rings is 1. The molecule has 1 aromatic heterocycles. The Morgan fingerprint density at radius 3 is 2.40 bits per heavy atom. The molecule has 0 bridgehead atoms. The molecule has 2 aromatic rings. The maximum absolute atomic E-state index is 13.0. The van der Waals surface area contributed by atoms with E-state index in [9.17, 15) is 12.8 Å². The molecule has 0 amide bonds. The molecule has 106 valence electrons. The zero-order valence-corrected chi connectivity index (χ0v) is 12.7. The second kappa shape index (κ2) is 5.73. The number of hydrogen-bond donors (Lipinski definition) is 1. The van der Waals surface area contributed by atoms with Crippen LogP contribution in [-0.2, 0) is 10.0 Å². The number of sulfonamides is 1. The van der Waals surface area contributed by atoms with Gasteiger partial charge in [-0.25, -0.2) is 17.8 Å². The van der Waals surface area contributed by atoms with E-state index in [1.807, 2.05) is 0 Å². The quantitative estimate of drug-likeness (QED) is 0.847. The molecule has 0 aliphatic heterocycles. The summed E-state index contributed by atoms with van der Waals surface area (Å²) in [6.07, 6.45) is 1.28. The van der Waals surface area contributed by atoms with Crippen LogP contribution in [0.3, 0.4) is 0 Å². The van der Waals surface area contributed by atoms with Crippen LogP contribution in [0.15, 0.2) is 35.4 Å². The second-order valence-corrected chi connectivity index (χ2v) is 6.44. The zero-order valence-electron chi connectivity index (χ0n) is 9.57. The first-order valence-corrected chi connectivity index (χ1v) is 7.71. The number of halogens is 4. The Morgan fingerprint density at radius 2 is 1.80 bits per heavy atom. The van der Waals surface area contributed by atoms with Gasteiger partial charge in [-0.1, -0.05) is 34.8 Å². The fourth-order valence-corrected chi connectivity index (χ4v) is 3.69. The molecule has 1 N–H and O–H groups in total. The summed E-state index contributed by atoms with van der Waals surface area (Å²) in [5.41, 5.74) is 0.0763. The number of nitrogens with zero attached hydrogens (tertiary/aromatic N) is 1. The van der Waals surface area contributed by atoms with E-state index in [4.69, 9.17) is 34.8 Å². The van der Waals surface area contributed by atoms with Gasteiger partial charge in [-0.05, 0) is 24.3 Å². The number of rotatable bonds is 3.